The van der Waals surface area contributed by atoms with Crippen LogP contribution < -0.4 is 9.47 Å². The minimum atomic E-state index is -0.574. The summed E-state index contributed by atoms with van der Waals surface area (Å²) in [5.74, 6) is -0.100. The van der Waals surface area contributed by atoms with Crippen molar-refractivity contribution >= 4 is 56.5 Å². The van der Waals surface area contributed by atoms with Crippen molar-refractivity contribution in [2.75, 3.05) is 7.11 Å². The molecule has 0 bridgehead atoms. The van der Waals surface area contributed by atoms with Gasteiger partial charge in [-0.2, -0.15) is 0 Å². The Bertz CT molecular complexity index is 1330. The maximum absolute atomic E-state index is 14.2. The zero-order valence-electron chi connectivity index (χ0n) is 18.8. The average molecular weight is 577 g/mol. The molecule has 1 aliphatic rings. The Kier molecular flexibility index (Phi) is 7.84. The Balaban J connectivity index is 1.56. The summed E-state index contributed by atoms with van der Waals surface area (Å²) < 4.78 is 26.3. The van der Waals surface area contributed by atoms with Gasteiger partial charge in [-0.1, -0.05) is 41.9 Å². The van der Waals surface area contributed by atoms with Gasteiger partial charge >= 0.3 is 0 Å². The molecule has 1 fully saturated rings. The summed E-state index contributed by atoms with van der Waals surface area (Å²) in [6, 6.07) is 15.6. The molecular weight excluding hydrogens is 557 g/mol. The zero-order valence-corrected chi connectivity index (χ0v) is 22.0. The van der Waals surface area contributed by atoms with Crippen LogP contribution in [0.25, 0.3) is 6.08 Å². The third-order valence-corrected chi connectivity index (χ3v) is 7.28. The quantitative estimate of drug-likeness (QED) is 0.275. The summed E-state index contributed by atoms with van der Waals surface area (Å²) in [5, 5.41) is -0.340. The highest BCUT2D eigenvalue weighted by Crippen LogP contribution is 2.40. The number of ether oxygens (including phenoxy) is 2. The number of hydrogen-bond acceptors (Lipinski definition) is 5. The van der Waals surface area contributed by atoms with E-state index in [1.807, 2.05) is 31.2 Å². The average Bonchev–Trinajstić information content (AvgIpc) is 3.08. The van der Waals surface area contributed by atoms with Gasteiger partial charge in [0.25, 0.3) is 11.1 Å². The van der Waals surface area contributed by atoms with Crippen molar-refractivity contribution in [3.8, 4) is 11.5 Å². The first-order valence-corrected chi connectivity index (χ1v) is 12.5. The van der Waals surface area contributed by atoms with Crippen LogP contribution in [0.4, 0.5) is 9.18 Å². The fraction of sp³-hybridized carbons (Fsp3) is 0.154. The lowest BCUT2D eigenvalue weighted by Gasteiger charge is -2.15. The molecule has 1 aliphatic heterocycles. The summed E-state index contributed by atoms with van der Waals surface area (Å²) in [4.78, 5) is 26.6. The number of carbonyl (C=O) groups is 2. The fourth-order valence-electron chi connectivity index (χ4n) is 3.51. The van der Waals surface area contributed by atoms with Crippen LogP contribution in [-0.2, 0) is 17.9 Å². The maximum atomic E-state index is 14.2. The molecule has 4 rings (SSSR count). The number of carbonyl (C=O) groups excluding carboxylic acids is 2. The lowest BCUT2D eigenvalue weighted by molar-refractivity contribution is -0.123. The number of imide groups is 1. The minimum absolute atomic E-state index is 0.0947. The first-order valence-electron chi connectivity index (χ1n) is 10.5. The Morgan fingerprint density at radius 3 is 2.63 bits per heavy atom. The van der Waals surface area contributed by atoms with Gasteiger partial charge in [0.05, 0.1) is 23.0 Å². The van der Waals surface area contributed by atoms with Crippen molar-refractivity contribution in [1.82, 2.24) is 4.90 Å². The van der Waals surface area contributed by atoms with Crippen molar-refractivity contribution in [2.45, 2.75) is 20.1 Å². The van der Waals surface area contributed by atoms with Crippen molar-refractivity contribution in [1.29, 1.82) is 0 Å². The van der Waals surface area contributed by atoms with E-state index in [0.717, 1.165) is 27.8 Å². The predicted molar refractivity (Wildman–Crippen MR) is 139 cm³/mol. The molecule has 2 amide bonds. The molecule has 0 N–H and O–H groups in total. The predicted octanol–water partition coefficient (Wildman–Crippen LogP) is 7.37. The van der Waals surface area contributed by atoms with Crippen molar-refractivity contribution in [2.24, 2.45) is 0 Å². The van der Waals surface area contributed by atoms with E-state index >= 15 is 0 Å². The number of halogens is 3. The van der Waals surface area contributed by atoms with Gasteiger partial charge in [0, 0.05) is 10.6 Å². The molecule has 3 aromatic rings. The molecule has 1 saturated heterocycles. The third-order valence-electron chi connectivity index (χ3n) is 5.43. The summed E-state index contributed by atoms with van der Waals surface area (Å²) >= 11 is 10.4. The first kappa shape index (κ1) is 25.3. The van der Waals surface area contributed by atoms with E-state index in [-0.39, 0.29) is 22.0 Å². The van der Waals surface area contributed by atoms with E-state index in [0.29, 0.717) is 28.1 Å². The van der Waals surface area contributed by atoms with E-state index in [2.05, 4.69) is 15.9 Å². The van der Waals surface area contributed by atoms with Crippen LogP contribution in [0.1, 0.15) is 22.3 Å². The summed E-state index contributed by atoms with van der Waals surface area (Å²) in [5.41, 5.74) is 2.89. The van der Waals surface area contributed by atoms with Gasteiger partial charge in [0.1, 0.15) is 12.4 Å². The second-order valence-corrected chi connectivity index (χ2v) is 9.97. The van der Waals surface area contributed by atoms with Gasteiger partial charge in [-0.25, -0.2) is 4.39 Å². The number of amides is 2. The number of rotatable bonds is 7. The number of nitrogens with zero attached hydrogens (tertiary/aromatic N) is 1. The van der Waals surface area contributed by atoms with Crippen LogP contribution in [0.15, 0.2) is 64.0 Å². The highest BCUT2D eigenvalue weighted by atomic mass is 79.9. The second-order valence-electron chi connectivity index (χ2n) is 7.72. The molecule has 0 aliphatic carbocycles. The lowest BCUT2D eigenvalue weighted by atomic mass is 10.1. The van der Waals surface area contributed by atoms with Gasteiger partial charge in [-0.3, -0.25) is 14.5 Å². The highest BCUT2D eigenvalue weighted by Gasteiger charge is 2.36. The SMILES string of the molecule is COc1cc(/C=C2\SC(=O)N(Cc3c(F)cccc3Cl)C2=O)cc(Br)c1OCc1ccccc1C. The van der Waals surface area contributed by atoms with Crippen LogP contribution in [0.3, 0.4) is 0 Å². The summed E-state index contributed by atoms with van der Waals surface area (Å²) in [7, 11) is 1.53. The van der Waals surface area contributed by atoms with Gasteiger partial charge in [0.2, 0.25) is 0 Å². The van der Waals surface area contributed by atoms with Gasteiger partial charge < -0.3 is 9.47 Å². The second kappa shape index (κ2) is 10.8. The third kappa shape index (κ3) is 5.55. The molecule has 5 nitrogen and oxygen atoms in total. The Morgan fingerprint density at radius 1 is 1.14 bits per heavy atom. The Hall–Kier alpha value is -2.81. The fourth-order valence-corrected chi connectivity index (χ4v) is 5.15. The first-order chi connectivity index (χ1) is 16.8. The maximum Gasteiger partial charge on any atom is 0.293 e. The van der Waals surface area contributed by atoms with Crippen LogP contribution >= 0.6 is 39.3 Å². The van der Waals surface area contributed by atoms with E-state index in [4.69, 9.17) is 21.1 Å². The van der Waals surface area contributed by atoms with Gasteiger partial charge in [0.15, 0.2) is 11.5 Å². The van der Waals surface area contributed by atoms with E-state index in [9.17, 15) is 14.0 Å². The van der Waals surface area contributed by atoms with E-state index in [1.54, 1.807) is 18.2 Å². The molecule has 0 saturated carbocycles. The number of hydrogen-bond donors (Lipinski definition) is 0. The molecule has 0 atom stereocenters. The van der Waals surface area contributed by atoms with Crippen molar-refractivity contribution in [3.63, 3.8) is 0 Å². The molecular formula is C26H20BrClFNO4S. The molecule has 0 spiro atoms. The Morgan fingerprint density at radius 2 is 1.91 bits per heavy atom. The standard InChI is InChI=1S/C26H20BrClFNO4S/c1-15-6-3-4-7-17(15)14-34-24-19(27)10-16(11-22(24)33-2)12-23-25(31)30(26(32)35-23)13-18-20(28)8-5-9-21(18)29/h3-12H,13-14H2,1-2H3/b23-12-. The molecule has 180 valence electrons. The molecule has 3 aromatic carbocycles. The molecule has 0 radical (unpaired) electrons. The van der Waals surface area contributed by atoms with Gasteiger partial charge in [-0.05, 0) is 81.6 Å². The van der Waals surface area contributed by atoms with Gasteiger partial charge in [-0.15, -0.1) is 0 Å². The summed E-state index contributed by atoms with van der Waals surface area (Å²) in [6.07, 6.45) is 1.59. The largest absolute Gasteiger partial charge is 0.493 e. The number of methoxy groups -OCH3 is 1. The zero-order chi connectivity index (χ0) is 25.1. The molecule has 0 unspecified atom stereocenters. The molecule has 35 heavy (non-hydrogen) atoms. The highest BCUT2D eigenvalue weighted by molar-refractivity contribution is 9.10. The smallest absolute Gasteiger partial charge is 0.293 e. The van der Waals surface area contributed by atoms with Crippen molar-refractivity contribution < 1.29 is 23.5 Å². The topological polar surface area (TPSA) is 55.8 Å². The number of benzene rings is 3. The normalized spacial score (nSPS) is 14.7. The van der Waals surface area contributed by atoms with Crippen LogP contribution in [0, 0.1) is 12.7 Å². The lowest BCUT2D eigenvalue weighted by Crippen LogP contribution is -2.28. The Labute approximate surface area is 220 Å². The molecule has 0 aromatic heterocycles. The van der Waals surface area contributed by atoms with Crippen molar-refractivity contribution in [3.05, 3.63) is 97.1 Å². The molecule has 1 heterocycles. The van der Waals surface area contributed by atoms with Crippen LogP contribution in [0.5, 0.6) is 11.5 Å². The minimum Gasteiger partial charge on any atom is -0.493 e. The van der Waals surface area contributed by atoms with E-state index < -0.39 is 17.0 Å². The monoisotopic (exact) mass is 575 g/mol. The van der Waals surface area contributed by atoms with Crippen LogP contribution in [-0.4, -0.2) is 23.2 Å². The van der Waals surface area contributed by atoms with E-state index in [1.165, 1.54) is 25.3 Å². The summed E-state index contributed by atoms with van der Waals surface area (Å²) in [6.45, 7) is 2.13. The number of thioether (sulfide) groups is 1. The number of aryl methyl sites for hydroxylation is 1. The molecule has 9 heteroatoms. The van der Waals surface area contributed by atoms with Crippen LogP contribution in [0.2, 0.25) is 5.02 Å².